The van der Waals surface area contributed by atoms with Gasteiger partial charge in [0.25, 0.3) is 5.91 Å². The molecule has 1 saturated carbocycles. The summed E-state index contributed by atoms with van der Waals surface area (Å²) in [6, 6.07) is 9.87. The van der Waals surface area contributed by atoms with Crippen LogP contribution in [0.5, 0.6) is 0 Å². The number of carbonyl (C=O) groups is 2. The average molecular weight is 455 g/mol. The molecule has 0 unspecified atom stereocenters. The molecule has 6 nitrogen and oxygen atoms in total. The molecule has 170 valence electrons. The predicted molar refractivity (Wildman–Crippen MR) is 127 cm³/mol. The van der Waals surface area contributed by atoms with Crippen LogP contribution < -0.4 is 10.6 Å². The Morgan fingerprint density at radius 1 is 1.06 bits per heavy atom. The Labute approximate surface area is 194 Å². The molecule has 0 atom stereocenters. The van der Waals surface area contributed by atoms with Crippen LogP contribution in [0.2, 0.25) is 5.02 Å². The van der Waals surface area contributed by atoms with Crippen molar-refractivity contribution in [2.24, 2.45) is 5.92 Å². The van der Waals surface area contributed by atoms with E-state index in [1.807, 2.05) is 18.2 Å². The molecule has 1 aliphatic heterocycles. The molecule has 2 aliphatic rings. The van der Waals surface area contributed by atoms with E-state index in [0.717, 1.165) is 56.6 Å². The SMILES string of the molecule is O=C(Nc1cccc(CN2CCC(C(=O)NC3CCCCC3)CC2)c1)c1ccncc1Cl. The Morgan fingerprint density at radius 3 is 2.59 bits per heavy atom. The third-order valence-corrected chi connectivity index (χ3v) is 6.82. The number of nitrogens with one attached hydrogen (secondary N) is 2. The molecule has 4 rings (SSSR count). The van der Waals surface area contributed by atoms with Gasteiger partial charge < -0.3 is 10.6 Å². The number of nitrogens with zero attached hydrogens (tertiary/aromatic N) is 2. The third kappa shape index (κ3) is 6.08. The van der Waals surface area contributed by atoms with Crippen LogP contribution >= 0.6 is 11.6 Å². The smallest absolute Gasteiger partial charge is 0.257 e. The normalized spacial score (nSPS) is 18.3. The molecule has 0 radical (unpaired) electrons. The molecule has 7 heteroatoms. The van der Waals surface area contributed by atoms with Gasteiger partial charge in [-0.25, -0.2) is 0 Å². The van der Waals surface area contributed by atoms with Gasteiger partial charge in [-0.15, -0.1) is 0 Å². The van der Waals surface area contributed by atoms with Crippen molar-refractivity contribution in [2.75, 3.05) is 18.4 Å². The van der Waals surface area contributed by atoms with Gasteiger partial charge in [-0.05, 0) is 62.5 Å². The van der Waals surface area contributed by atoms with E-state index in [0.29, 0.717) is 16.6 Å². The summed E-state index contributed by atoms with van der Waals surface area (Å²) in [5, 5.41) is 6.53. The summed E-state index contributed by atoms with van der Waals surface area (Å²) in [5.41, 5.74) is 2.27. The van der Waals surface area contributed by atoms with Gasteiger partial charge in [0, 0.05) is 36.6 Å². The number of halogens is 1. The average Bonchev–Trinajstić information content (AvgIpc) is 2.81. The molecule has 1 aromatic heterocycles. The molecule has 2 fully saturated rings. The predicted octanol–water partition coefficient (Wildman–Crippen LogP) is 4.65. The van der Waals surface area contributed by atoms with Crippen LogP contribution in [0, 0.1) is 5.92 Å². The number of hydrogen-bond acceptors (Lipinski definition) is 4. The van der Waals surface area contributed by atoms with Gasteiger partial charge in [-0.2, -0.15) is 0 Å². The summed E-state index contributed by atoms with van der Waals surface area (Å²) < 4.78 is 0. The minimum Gasteiger partial charge on any atom is -0.353 e. The van der Waals surface area contributed by atoms with Gasteiger partial charge >= 0.3 is 0 Å². The van der Waals surface area contributed by atoms with Gasteiger partial charge in [0.2, 0.25) is 5.91 Å². The molecule has 2 N–H and O–H groups in total. The monoisotopic (exact) mass is 454 g/mol. The van der Waals surface area contributed by atoms with Crippen molar-refractivity contribution in [2.45, 2.75) is 57.5 Å². The van der Waals surface area contributed by atoms with Crippen molar-refractivity contribution in [3.8, 4) is 0 Å². The molecule has 32 heavy (non-hydrogen) atoms. The number of aromatic nitrogens is 1. The number of hydrogen-bond donors (Lipinski definition) is 2. The Bertz CT molecular complexity index is 937. The molecule has 0 bridgehead atoms. The first-order chi connectivity index (χ1) is 15.6. The van der Waals surface area contributed by atoms with Crippen LogP contribution in [-0.2, 0) is 11.3 Å². The molecule has 2 aromatic rings. The van der Waals surface area contributed by atoms with E-state index in [9.17, 15) is 9.59 Å². The zero-order valence-corrected chi connectivity index (χ0v) is 19.1. The second-order valence-electron chi connectivity index (χ2n) is 8.90. The lowest BCUT2D eigenvalue weighted by Crippen LogP contribution is -2.44. The molecule has 1 aliphatic carbocycles. The van der Waals surface area contributed by atoms with Gasteiger partial charge in [0.1, 0.15) is 0 Å². The van der Waals surface area contributed by atoms with Crippen LogP contribution in [0.25, 0.3) is 0 Å². The fraction of sp³-hybridized carbons (Fsp3) is 0.480. The largest absolute Gasteiger partial charge is 0.353 e. The van der Waals surface area contributed by atoms with Crippen molar-refractivity contribution in [3.05, 3.63) is 58.9 Å². The zero-order chi connectivity index (χ0) is 22.3. The van der Waals surface area contributed by atoms with E-state index in [-0.39, 0.29) is 17.7 Å². The lowest BCUT2D eigenvalue weighted by atomic mass is 9.92. The number of carbonyl (C=O) groups excluding carboxylic acids is 2. The Hall–Kier alpha value is -2.44. The highest BCUT2D eigenvalue weighted by atomic mass is 35.5. The number of amides is 2. The fourth-order valence-electron chi connectivity index (χ4n) is 4.68. The second kappa shape index (κ2) is 10.9. The van der Waals surface area contributed by atoms with E-state index in [4.69, 9.17) is 11.6 Å². The highest BCUT2D eigenvalue weighted by Crippen LogP contribution is 2.23. The van der Waals surface area contributed by atoms with Gasteiger partial charge in [-0.1, -0.05) is 43.0 Å². The van der Waals surface area contributed by atoms with Crippen molar-refractivity contribution >= 4 is 29.1 Å². The number of piperidine rings is 1. The zero-order valence-electron chi connectivity index (χ0n) is 18.4. The first kappa shape index (κ1) is 22.7. The third-order valence-electron chi connectivity index (χ3n) is 6.52. The molecular formula is C25H31ClN4O2. The van der Waals surface area contributed by atoms with Crippen LogP contribution in [0.4, 0.5) is 5.69 Å². The number of rotatable bonds is 6. The van der Waals surface area contributed by atoms with Crippen LogP contribution in [-0.4, -0.2) is 40.8 Å². The maximum atomic E-state index is 12.6. The summed E-state index contributed by atoms with van der Waals surface area (Å²) in [6.45, 7) is 2.62. The fourth-order valence-corrected chi connectivity index (χ4v) is 4.89. The Morgan fingerprint density at radius 2 is 1.84 bits per heavy atom. The van der Waals surface area contributed by atoms with Crippen LogP contribution in [0.15, 0.2) is 42.7 Å². The summed E-state index contributed by atoms with van der Waals surface area (Å²) in [4.78, 5) is 31.4. The number of benzene rings is 1. The summed E-state index contributed by atoms with van der Waals surface area (Å²) in [5.74, 6) is 0.124. The molecular weight excluding hydrogens is 424 g/mol. The minimum absolute atomic E-state index is 0.129. The maximum absolute atomic E-state index is 12.6. The van der Waals surface area contributed by atoms with E-state index in [2.05, 4.69) is 26.6 Å². The maximum Gasteiger partial charge on any atom is 0.257 e. The molecule has 1 saturated heterocycles. The lowest BCUT2D eigenvalue weighted by Gasteiger charge is -2.32. The topological polar surface area (TPSA) is 74.3 Å². The quantitative estimate of drug-likeness (QED) is 0.666. The molecule has 2 heterocycles. The highest BCUT2D eigenvalue weighted by molar-refractivity contribution is 6.34. The van der Waals surface area contributed by atoms with Crippen LogP contribution in [0.3, 0.4) is 0 Å². The summed E-state index contributed by atoms with van der Waals surface area (Å²) in [7, 11) is 0. The minimum atomic E-state index is -0.251. The lowest BCUT2D eigenvalue weighted by molar-refractivity contribution is -0.127. The standard InChI is InChI=1S/C25H31ClN4O2/c26-23-16-27-12-9-22(23)25(32)29-21-8-4-5-18(15-21)17-30-13-10-19(11-14-30)24(31)28-20-6-2-1-3-7-20/h4-5,8-9,12,15-16,19-20H,1-3,6-7,10-11,13-14,17H2,(H,28,31)(H,29,32). The van der Waals surface area contributed by atoms with Crippen molar-refractivity contribution in [3.63, 3.8) is 0 Å². The summed E-state index contributed by atoms with van der Waals surface area (Å²) in [6.07, 6.45) is 10.8. The van der Waals surface area contributed by atoms with E-state index in [1.54, 1.807) is 12.3 Å². The molecule has 2 amide bonds. The van der Waals surface area contributed by atoms with Gasteiger partial charge in [0.05, 0.1) is 10.6 Å². The second-order valence-corrected chi connectivity index (χ2v) is 9.31. The number of anilines is 1. The first-order valence-corrected chi connectivity index (χ1v) is 12.0. The Balaban J connectivity index is 1.27. The van der Waals surface area contributed by atoms with Gasteiger partial charge in [0.15, 0.2) is 0 Å². The molecule has 1 aromatic carbocycles. The molecule has 0 spiro atoms. The van der Waals surface area contributed by atoms with Gasteiger partial charge in [-0.3, -0.25) is 19.5 Å². The van der Waals surface area contributed by atoms with Crippen molar-refractivity contribution < 1.29 is 9.59 Å². The number of likely N-dealkylation sites (tertiary alicyclic amines) is 1. The van der Waals surface area contributed by atoms with E-state index >= 15 is 0 Å². The van der Waals surface area contributed by atoms with E-state index < -0.39 is 0 Å². The first-order valence-electron chi connectivity index (χ1n) is 11.6. The number of pyridine rings is 1. The summed E-state index contributed by atoms with van der Waals surface area (Å²) >= 11 is 6.08. The van der Waals surface area contributed by atoms with Crippen molar-refractivity contribution in [1.82, 2.24) is 15.2 Å². The Kier molecular flexibility index (Phi) is 7.76. The highest BCUT2D eigenvalue weighted by Gasteiger charge is 2.27. The van der Waals surface area contributed by atoms with Crippen molar-refractivity contribution in [1.29, 1.82) is 0 Å². The van der Waals surface area contributed by atoms with Crippen LogP contribution in [0.1, 0.15) is 60.9 Å². The van der Waals surface area contributed by atoms with E-state index in [1.165, 1.54) is 25.5 Å².